The molecule has 29 heavy (non-hydrogen) atoms. The summed E-state index contributed by atoms with van der Waals surface area (Å²) in [6.07, 6.45) is 0. The van der Waals surface area contributed by atoms with Crippen molar-refractivity contribution in [2.24, 2.45) is 0 Å². The third-order valence-electron chi connectivity index (χ3n) is 4.45. The highest BCUT2D eigenvalue weighted by molar-refractivity contribution is 7.11. The summed E-state index contributed by atoms with van der Waals surface area (Å²) >= 11 is 7.45. The Balaban J connectivity index is 1.80. The summed E-state index contributed by atoms with van der Waals surface area (Å²) in [6.45, 7) is 1.84. The van der Waals surface area contributed by atoms with Gasteiger partial charge in [-0.15, -0.1) is 11.3 Å². The van der Waals surface area contributed by atoms with Crippen LogP contribution in [-0.2, 0) is 9.59 Å². The van der Waals surface area contributed by atoms with Crippen LogP contribution in [0.5, 0.6) is 0 Å². The first-order valence-electron chi connectivity index (χ1n) is 8.52. The van der Waals surface area contributed by atoms with Gasteiger partial charge in [0.15, 0.2) is 11.6 Å². The topological polar surface area (TPSA) is 49.4 Å². The summed E-state index contributed by atoms with van der Waals surface area (Å²) in [5.74, 6) is -3.50. The van der Waals surface area contributed by atoms with Crippen LogP contribution in [0.3, 0.4) is 0 Å². The van der Waals surface area contributed by atoms with E-state index in [0.29, 0.717) is 15.6 Å². The van der Waals surface area contributed by atoms with Gasteiger partial charge in [-0.05, 0) is 48.2 Å². The first-order chi connectivity index (χ1) is 13.9. The minimum Gasteiger partial charge on any atom is -0.350 e. The predicted octanol–water partition coefficient (Wildman–Crippen LogP) is 5.38. The fraction of sp³-hybridized carbons (Fsp3) is 0.0476. The van der Waals surface area contributed by atoms with Crippen molar-refractivity contribution in [3.05, 3.63) is 86.7 Å². The van der Waals surface area contributed by atoms with Gasteiger partial charge in [-0.25, -0.2) is 13.7 Å². The highest BCUT2D eigenvalue weighted by Crippen LogP contribution is 2.36. The maximum Gasteiger partial charge on any atom is 0.282 e. The number of nitrogens with one attached hydrogen (secondary N) is 1. The molecular formula is C21H13ClF2N2O2S. The molecule has 3 aromatic rings. The van der Waals surface area contributed by atoms with Crippen molar-refractivity contribution in [3.63, 3.8) is 0 Å². The Morgan fingerprint density at radius 2 is 1.79 bits per heavy atom. The molecule has 0 aliphatic carbocycles. The van der Waals surface area contributed by atoms with Crippen LogP contribution in [0.25, 0.3) is 5.57 Å². The van der Waals surface area contributed by atoms with Crippen molar-refractivity contribution < 1.29 is 18.4 Å². The lowest BCUT2D eigenvalue weighted by molar-refractivity contribution is -0.120. The zero-order valence-corrected chi connectivity index (χ0v) is 16.6. The number of anilines is 2. The Hall–Kier alpha value is -3.03. The Bertz CT molecular complexity index is 1180. The summed E-state index contributed by atoms with van der Waals surface area (Å²) in [4.78, 5) is 27.6. The molecule has 2 amide bonds. The number of nitrogens with zero attached hydrogens (tertiary/aromatic N) is 1. The lowest BCUT2D eigenvalue weighted by atomic mass is 10.1. The van der Waals surface area contributed by atoms with Crippen molar-refractivity contribution in [2.45, 2.75) is 6.92 Å². The van der Waals surface area contributed by atoms with Gasteiger partial charge in [0.1, 0.15) is 5.70 Å². The molecule has 0 fully saturated rings. The molecule has 1 aliphatic heterocycles. The number of thiophene rings is 1. The summed E-state index contributed by atoms with van der Waals surface area (Å²) in [5, 5.41) is 5.26. The van der Waals surface area contributed by atoms with Gasteiger partial charge in [0.2, 0.25) is 0 Å². The molecule has 146 valence electrons. The summed E-state index contributed by atoms with van der Waals surface area (Å²) in [7, 11) is 0. The van der Waals surface area contributed by atoms with E-state index in [0.717, 1.165) is 22.6 Å². The number of halogens is 3. The molecular weight excluding hydrogens is 418 g/mol. The largest absolute Gasteiger partial charge is 0.350 e. The van der Waals surface area contributed by atoms with Crippen LogP contribution >= 0.6 is 22.9 Å². The van der Waals surface area contributed by atoms with Crippen molar-refractivity contribution in [1.82, 2.24) is 0 Å². The molecule has 0 unspecified atom stereocenters. The van der Waals surface area contributed by atoms with Crippen LogP contribution in [-0.4, -0.2) is 11.8 Å². The first kappa shape index (κ1) is 19.3. The van der Waals surface area contributed by atoms with Crippen LogP contribution in [0.1, 0.15) is 10.4 Å². The van der Waals surface area contributed by atoms with Gasteiger partial charge in [0.25, 0.3) is 11.8 Å². The Morgan fingerprint density at radius 1 is 1.00 bits per heavy atom. The second kappa shape index (κ2) is 7.42. The third-order valence-corrected chi connectivity index (χ3v) is 5.75. The van der Waals surface area contributed by atoms with E-state index in [2.05, 4.69) is 5.32 Å². The van der Waals surface area contributed by atoms with E-state index in [1.165, 1.54) is 17.4 Å². The summed E-state index contributed by atoms with van der Waals surface area (Å²) < 4.78 is 27.0. The quantitative estimate of drug-likeness (QED) is 0.565. The van der Waals surface area contributed by atoms with Gasteiger partial charge >= 0.3 is 0 Å². The number of benzene rings is 2. The van der Waals surface area contributed by atoms with E-state index in [1.54, 1.807) is 35.7 Å². The normalized spacial score (nSPS) is 14.1. The Morgan fingerprint density at radius 3 is 2.45 bits per heavy atom. The molecule has 1 aliphatic rings. The Kier molecular flexibility index (Phi) is 4.94. The smallest absolute Gasteiger partial charge is 0.282 e. The molecule has 4 rings (SSSR count). The zero-order chi connectivity index (χ0) is 20.7. The zero-order valence-electron chi connectivity index (χ0n) is 15.0. The second-order valence-corrected chi connectivity index (χ2v) is 7.72. The molecule has 0 saturated heterocycles. The molecule has 2 heterocycles. The van der Waals surface area contributed by atoms with Gasteiger partial charge in [0.05, 0.1) is 11.3 Å². The molecule has 4 nitrogen and oxygen atoms in total. The molecule has 0 spiro atoms. The number of hydrogen-bond donors (Lipinski definition) is 1. The molecule has 2 aromatic carbocycles. The predicted molar refractivity (Wildman–Crippen MR) is 110 cm³/mol. The van der Waals surface area contributed by atoms with Gasteiger partial charge in [-0.3, -0.25) is 9.59 Å². The average Bonchev–Trinajstić information content (AvgIpc) is 3.28. The molecule has 0 saturated carbocycles. The molecule has 0 bridgehead atoms. The van der Waals surface area contributed by atoms with E-state index in [4.69, 9.17) is 11.6 Å². The average molecular weight is 431 g/mol. The lowest BCUT2D eigenvalue weighted by Gasteiger charge is -2.15. The van der Waals surface area contributed by atoms with Gasteiger partial charge in [-0.1, -0.05) is 23.7 Å². The van der Waals surface area contributed by atoms with Crippen molar-refractivity contribution in [3.8, 4) is 0 Å². The minimum absolute atomic E-state index is 0.0436. The number of carbonyl (C=O) groups is 2. The fourth-order valence-corrected chi connectivity index (χ4v) is 3.92. The van der Waals surface area contributed by atoms with Crippen LogP contribution < -0.4 is 10.2 Å². The maximum absolute atomic E-state index is 13.7. The van der Waals surface area contributed by atoms with Crippen LogP contribution in [0.15, 0.2) is 59.6 Å². The maximum atomic E-state index is 13.7. The summed E-state index contributed by atoms with van der Waals surface area (Å²) in [6, 6.07) is 11.5. The van der Waals surface area contributed by atoms with Gasteiger partial charge in [-0.2, -0.15) is 0 Å². The SMILES string of the molecule is Cc1ccc(NC2=C(c3cccs3)C(=O)N(c3ccc(F)c(F)c3)C2=O)cc1Cl. The third kappa shape index (κ3) is 3.43. The first-order valence-corrected chi connectivity index (χ1v) is 9.77. The van der Waals surface area contributed by atoms with Crippen LogP contribution in [0.4, 0.5) is 20.2 Å². The van der Waals surface area contributed by atoms with E-state index in [1.807, 2.05) is 6.92 Å². The number of hydrogen-bond acceptors (Lipinski definition) is 4. The number of carbonyl (C=O) groups excluding carboxylic acids is 2. The van der Waals surface area contributed by atoms with E-state index in [9.17, 15) is 18.4 Å². The number of imide groups is 1. The highest BCUT2D eigenvalue weighted by atomic mass is 35.5. The summed E-state index contributed by atoms with van der Waals surface area (Å²) in [5.41, 5.74) is 1.54. The number of amides is 2. The second-order valence-electron chi connectivity index (χ2n) is 6.36. The number of aryl methyl sites for hydroxylation is 1. The van der Waals surface area contributed by atoms with Gasteiger partial charge < -0.3 is 5.32 Å². The lowest BCUT2D eigenvalue weighted by Crippen LogP contribution is -2.32. The molecule has 0 radical (unpaired) electrons. The fourth-order valence-electron chi connectivity index (χ4n) is 2.97. The van der Waals surface area contributed by atoms with Crippen molar-refractivity contribution >= 4 is 51.7 Å². The van der Waals surface area contributed by atoms with Crippen molar-refractivity contribution in [1.29, 1.82) is 0 Å². The molecule has 8 heteroatoms. The standard InChI is InChI=1S/C21H13ClF2N2O2S/c1-11-4-5-12(9-14(11)22)25-19-18(17-3-2-8-29-17)20(27)26(21(19)28)13-6-7-15(23)16(24)10-13/h2-10,25H,1H3. The van der Waals surface area contributed by atoms with E-state index in [-0.39, 0.29) is 17.0 Å². The molecule has 1 aromatic heterocycles. The monoisotopic (exact) mass is 430 g/mol. The van der Waals surface area contributed by atoms with E-state index >= 15 is 0 Å². The molecule has 1 N–H and O–H groups in total. The van der Waals surface area contributed by atoms with Crippen LogP contribution in [0.2, 0.25) is 5.02 Å². The number of rotatable bonds is 4. The van der Waals surface area contributed by atoms with Crippen molar-refractivity contribution in [2.75, 3.05) is 10.2 Å². The minimum atomic E-state index is -1.15. The highest BCUT2D eigenvalue weighted by Gasteiger charge is 2.41. The van der Waals surface area contributed by atoms with Gasteiger partial charge in [0, 0.05) is 21.7 Å². The molecule has 0 atom stereocenters. The Labute approximate surface area is 174 Å². The van der Waals surface area contributed by atoms with E-state index < -0.39 is 23.4 Å². The van der Waals surface area contributed by atoms with Crippen LogP contribution in [0, 0.1) is 18.6 Å².